The fourth-order valence-electron chi connectivity index (χ4n) is 7.46. The summed E-state index contributed by atoms with van der Waals surface area (Å²) in [6, 6.07) is 15.0. The SMILES string of the molecule is CC(=O)Nc1ccc(-c2cccc(CN3OC(CO)C([C@H](C)O)[C@H]3C(=O)N[C@H]3CC4C[C@@H](C3C)C4(C)C)c2)cc1. The van der Waals surface area contributed by atoms with Crippen LogP contribution in [0.4, 0.5) is 5.69 Å². The predicted octanol–water partition coefficient (Wildman–Crippen LogP) is 3.97. The van der Waals surface area contributed by atoms with E-state index in [1.54, 1.807) is 12.0 Å². The van der Waals surface area contributed by atoms with Crippen molar-refractivity contribution in [2.24, 2.45) is 29.1 Å². The molecule has 1 heterocycles. The Hall–Kier alpha value is -2.78. The molecular weight excluding hydrogens is 506 g/mol. The molecule has 1 aliphatic heterocycles. The number of hydroxylamine groups is 2. The van der Waals surface area contributed by atoms with Crippen LogP contribution < -0.4 is 10.6 Å². The third-order valence-electron chi connectivity index (χ3n) is 9.87. The molecule has 216 valence electrons. The zero-order valence-corrected chi connectivity index (χ0v) is 24.1. The van der Waals surface area contributed by atoms with Crippen molar-refractivity contribution in [2.75, 3.05) is 11.9 Å². The number of fused-ring (bicyclic) bond motifs is 2. The second kappa shape index (κ2) is 11.2. The topological polar surface area (TPSA) is 111 Å². The number of carbonyl (C=O) groups is 2. The Morgan fingerprint density at radius 1 is 1.12 bits per heavy atom. The zero-order chi connectivity index (χ0) is 28.8. The first-order valence-corrected chi connectivity index (χ1v) is 14.5. The number of nitrogens with one attached hydrogen (secondary N) is 2. The molecule has 4 fully saturated rings. The van der Waals surface area contributed by atoms with Gasteiger partial charge < -0.3 is 20.8 Å². The van der Waals surface area contributed by atoms with Crippen molar-refractivity contribution in [3.63, 3.8) is 0 Å². The van der Waals surface area contributed by atoms with Gasteiger partial charge in [0.05, 0.1) is 19.3 Å². The number of amides is 2. The Morgan fingerprint density at radius 3 is 2.45 bits per heavy atom. The third kappa shape index (κ3) is 5.42. The number of anilines is 1. The molecular formula is C32H43N3O5. The van der Waals surface area contributed by atoms with E-state index in [1.165, 1.54) is 13.3 Å². The highest BCUT2D eigenvalue weighted by molar-refractivity contribution is 5.89. The van der Waals surface area contributed by atoms with Gasteiger partial charge in [-0.05, 0) is 77.8 Å². The largest absolute Gasteiger partial charge is 0.394 e. The molecule has 2 amide bonds. The lowest BCUT2D eigenvalue weighted by Crippen LogP contribution is -2.62. The molecule has 1 saturated heterocycles. The molecule has 40 heavy (non-hydrogen) atoms. The third-order valence-corrected chi connectivity index (χ3v) is 9.87. The summed E-state index contributed by atoms with van der Waals surface area (Å²) < 4.78 is 0. The lowest BCUT2D eigenvalue weighted by atomic mass is 9.45. The quantitative estimate of drug-likeness (QED) is 0.397. The van der Waals surface area contributed by atoms with E-state index >= 15 is 0 Å². The molecule has 0 spiro atoms. The monoisotopic (exact) mass is 549 g/mol. The van der Waals surface area contributed by atoms with Crippen LogP contribution in [-0.2, 0) is 21.0 Å². The molecule has 4 unspecified atom stereocenters. The first kappa shape index (κ1) is 28.7. The average molecular weight is 550 g/mol. The van der Waals surface area contributed by atoms with Crippen molar-refractivity contribution in [2.45, 2.75) is 78.3 Å². The van der Waals surface area contributed by atoms with E-state index in [9.17, 15) is 19.8 Å². The fourth-order valence-corrected chi connectivity index (χ4v) is 7.46. The van der Waals surface area contributed by atoms with Crippen LogP contribution in [0.25, 0.3) is 11.1 Å². The normalized spacial score (nSPS) is 31.7. The van der Waals surface area contributed by atoms with Crippen molar-refractivity contribution < 1.29 is 24.6 Å². The molecule has 4 aliphatic rings. The molecule has 2 aromatic carbocycles. The Labute approximate surface area is 237 Å². The molecule has 3 saturated carbocycles. The van der Waals surface area contributed by atoms with E-state index in [0.717, 1.165) is 28.8 Å². The maximum absolute atomic E-state index is 13.9. The summed E-state index contributed by atoms with van der Waals surface area (Å²) in [6.07, 6.45) is 0.697. The highest BCUT2D eigenvalue weighted by Gasteiger charge is 2.57. The Bertz CT molecular complexity index is 1230. The number of hydrogen-bond acceptors (Lipinski definition) is 6. The summed E-state index contributed by atoms with van der Waals surface area (Å²) in [5, 5.41) is 28.5. The first-order valence-electron chi connectivity index (χ1n) is 14.5. The van der Waals surface area contributed by atoms with E-state index in [2.05, 4.69) is 31.4 Å². The van der Waals surface area contributed by atoms with Gasteiger partial charge in [-0.3, -0.25) is 14.4 Å². The Kier molecular flexibility index (Phi) is 8.08. The van der Waals surface area contributed by atoms with Crippen molar-refractivity contribution in [1.82, 2.24) is 10.4 Å². The van der Waals surface area contributed by atoms with Crippen LogP contribution in [0.2, 0.25) is 0 Å². The summed E-state index contributed by atoms with van der Waals surface area (Å²) in [6.45, 7) is 10.1. The zero-order valence-electron chi connectivity index (χ0n) is 24.1. The van der Waals surface area contributed by atoms with Crippen LogP contribution in [-0.4, -0.2) is 58.0 Å². The number of hydrogen-bond donors (Lipinski definition) is 4. The Morgan fingerprint density at radius 2 is 1.85 bits per heavy atom. The van der Waals surface area contributed by atoms with Gasteiger partial charge in [0.15, 0.2) is 0 Å². The molecule has 8 nitrogen and oxygen atoms in total. The fraction of sp³-hybridized carbons (Fsp3) is 0.562. The van der Waals surface area contributed by atoms with Crippen LogP contribution in [0.15, 0.2) is 48.5 Å². The van der Waals surface area contributed by atoms with Crippen LogP contribution in [0, 0.1) is 29.1 Å². The summed E-state index contributed by atoms with van der Waals surface area (Å²) in [5.74, 6) is 0.770. The van der Waals surface area contributed by atoms with Crippen LogP contribution in [0.5, 0.6) is 0 Å². The summed E-state index contributed by atoms with van der Waals surface area (Å²) >= 11 is 0. The lowest BCUT2D eigenvalue weighted by Gasteiger charge is -2.62. The van der Waals surface area contributed by atoms with E-state index in [0.29, 0.717) is 29.7 Å². The maximum atomic E-state index is 13.9. The summed E-state index contributed by atoms with van der Waals surface area (Å²) in [4.78, 5) is 31.3. The molecule has 2 bridgehead atoms. The van der Waals surface area contributed by atoms with Crippen molar-refractivity contribution in [3.05, 3.63) is 54.1 Å². The molecule has 0 radical (unpaired) electrons. The van der Waals surface area contributed by atoms with E-state index in [-0.39, 0.29) is 24.5 Å². The highest BCUT2D eigenvalue weighted by Crippen LogP contribution is 2.61. The van der Waals surface area contributed by atoms with Gasteiger partial charge in [0, 0.05) is 24.6 Å². The van der Waals surface area contributed by atoms with Gasteiger partial charge in [-0.25, -0.2) is 0 Å². The molecule has 8 atom stereocenters. The minimum Gasteiger partial charge on any atom is -0.394 e. The number of rotatable bonds is 8. The van der Waals surface area contributed by atoms with Crippen LogP contribution in [0.3, 0.4) is 0 Å². The van der Waals surface area contributed by atoms with Crippen molar-refractivity contribution in [3.8, 4) is 11.1 Å². The van der Waals surface area contributed by atoms with Crippen LogP contribution in [0.1, 0.15) is 53.0 Å². The molecule has 4 N–H and O–H groups in total. The second-order valence-electron chi connectivity index (χ2n) is 12.7. The number of nitrogens with zero attached hydrogens (tertiary/aromatic N) is 1. The van der Waals surface area contributed by atoms with Gasteiger partial charge >= 0.3 is 0 Å². The first-order chi connectivity index (χ1) is 19.0. The Balaban J connectivity index is 1.34. The van der Waals surface area contributed by atoms with Gasteiger partial charge in [-0.1, -0.05) is 51.1 Å². The summed E-state index contributed by atoms with van der Waals surface area (Å²) in [7, 11) is 0. The molecule has 3 aliphatic carbocycles. The smallest absolute Gasteiger partial charge is 0.240 e. The molecule has 2 aromatic rings. The minimum absolute atomic E-state index is 0.0951. The van der Waals surface area contributed by atoms with Gasteiger partial charge in [-0.15, -0.1) is 0 Å². The highest BCUT2D eigenvalue weighted by atomic mass is 16.7. The lowest BCUT2D eigenvalue weighted by molar-refractivity contribution is -0.183. The standard InChI is InChI=1S/C32H43N3O5/c1-18-26-14-24(32(26,4)5)15-27(18)34-31(39)30-29(19(2)37)28(17-36)40-35(30)16-21-7-6-8-23(13-21)22-9-11-25(12-10-22)33-20(3)38/h6-13,18-19,24,26-30,36-37H,14-17H2,1-5H3,(H,33,38)(H,34,39)/t18?,19-,24?,26-,27-,28?,29?,30-/m0/s1. The van der Waals surface area contributed by atoms with Gasteiger partial charge in [0.25, 0.3) is 0 Å². The molecule has 8 heteroatoms. The van der Waals surface area contributed by atoms with E-state index < -0.39 is 24.2 Å². The number of benzene rings is 2. The molecule has 6 rings (SSSR count). The van der Waals surface area contributed by atoms with Gasteiger partial charge in [0.2, 0.25) is 11.8 Å². The molecule has 0 aromatic heterocycles. The number of aliphatic hydroxyl groups is 2. The second-order valence-corrected chi connectivity index (χ2v) is 12.7. The number of aliphatic hydroxyl groups excluding tert-OH is 2. The average Bonchev–Trinajstić information content (AvgIpc) is 3.28. The maximum Gasteiger partial charge on any atom is 0.240 e. The number of carbonyl (C=O) groups excluding carboxylic acids is 2. The predicted molar refractivity (Wildman–Crippen MR) is 154 cm³/mol. The van der Waals surface area contributed by atoms with Crippen LogP contribution >= 0.6 is 0 Å². The minimum atomic E-state index is -0.831. The van der Waals surface area contributed by atoms with Gasteiger partial charge in [0.1, 0.15) is 12.1 Å². The summed E-state index contributed by atoms with van der Waals surface area (Å²) in [5.41, 5.74) is 3.99. The van der Waals surface area contributed by atoms with Gasteiger partial charge in [-0.2, -0.15) is 5.06 Å². The van der Waals surface area contributed by atoms with Crippen molar-refractivity contribution in [1.29, 1.82) is 0 Å². The van der Waals surface area contributed by atoms with Crippen molar-refractivity contribution >= 4 is 17.5 Å². The van der Waals surface area contributed by atoms with E-state index in [4.69, 9.17) is 4.84 Å². The van der Waals surface area contributed by atoms with E-state index in [1.807, 2.05) is 48.5 Å².